The van der Waals surface area contributed by atoms with Gasteiger partial charge in [-0.1, -0.05) is 37.3 Å². The van der Waals surface area contributed by atoms with Crippen molar-refractivity contribution >= 4 is 23.4 Å². The number of hydrogen-bond acceptors (Lipinski definition) is 7. The van der Waals surface area contributed by atoms with E-state index in [9.17, 15) is 4.79 Å². The second kappa shape index (κ2) is 10.2. The minimum absolute atomic E-state index is 0.00418. The van der Waals surface area contributed by atoms with Crippen LogP contribution >= 0.6 is 0 Å². The molecule has 4 heterocycles. The van der Waals surface area contributed by atoms with Gasteiger partial charge >= 0.3 is 0 Å². The zero-order valence-corrected chi connectivity index (χ0v) is 19.6. The highest BCUT2D eigenvalue weighted by molar-refractivity contribution is 5.92. The smallest absolute Gasteiger partial charge is 0.230 e. The Morgan fingerprint density at radius 3 is 2.50 bits per heavy atom. The van der Waals surface area contributed by atoms with Gasteiger partial charge in [0.1, 0.15) is 18.0 Å². The van der Waals surface area contributed by atoms with Gasteiger partial charge in [0.15, 0.2) is 5.82 Å². The van der Waals surface area contributed by atoms with Crippen molar-refractivity contribution in [2.75, 3.05) is 41.3 Å². The molecule has 1 aromatic carbocycles. The van der Waals surface area contributed by atoms with E-state index >= 15 is 0 Å². The molecule has 2 aliphatic heterocycles. The minimum Gasteiger partial charge on any atom is -0.356 e. The van der Waals surface area contributed by atoms with E-state index in [2.05, 4.69) is 42.2 Å². The summed E-state index contributed by atoms with van der Waals surface area (Å²) in [6.45, 7) is 5.77. The number of amides is 1. The first-order valence-electron chi connectivity index (χ1n) is 12.2. The van der Waals surface area contributed by atoms with Gasteiger partial charge in [0.2, 0.25) is 5.91 Å². The van der Waals surface area contributed by atoms with Crippen LogP contribution in [0.1, 0.15) is 32.6 Å². The van der Waals surface area contributed by atoms with Gasteiger partial charge in [-0.3, -0.25) is 4.79 Å². The molecule has 8 heteroatoms. The van der Waals surface area contributed by atoms with Crippen molar-refractivity contribution < 1.29 is 4.79 Å². The Morgan fingerprint density at radius 1 is 0.912 bits per heavy atom. The lowest BCUT2D eigenvalue weighted by atomic mass is 9.97. The van der Waals surface area contributed by atoms with Crippen LogP contribution in [0.5, 0.6) is 0 Å². The number of carbonyl (C=O) groups is 1. The van der Waals surface area contributed by atoms with Crippen LogP contribution < -0.4 is 15.1 Å². The molecule has 34 heavy (non-hydrogen) atoms. The van der Waals surface area contributed by atoms with Crippen LogP contribution in [0, 0.1) is 11.8 Å². The molecule has 2 aromatic heterocycles. The molecule has 3 aromatic rings. The molecule has 5 rings (SSSR count). The van der Waals surface area contributed by atoms with Gasteiger partial charge in [0.25, 0.3) is 0 Å². The molecule has 0 bridgehead atoms. The largest absolute Gasteiger partial charge is 0.356 e. The zero-order valence-electron chi connectivity index (χ0n) is 19.6. The molecule has 0 saturated carbocycles. The molecule has 0 aliphatic carbocycles. The molecule has 1 atom stereocenters. The second-order valence-electron chi connectivity index (χ2n) is 9.35. The highest BCUT2D eigenvalue weighted by atomic mass is 16.2. The van der Waals surface area contributed by atoms with E-state index in [-0.39, 0.29) is 11.8 Å². The van der Waals surface area contributed by atoms with Gasteiger partial charge in [-0.2, -0.15) is 0 Å². The second-order valence-corrected chi connectivity index (χ2v) is 9.35. The number of piperidine rings is 2. The van der Waals surface area contributed by atoms with Crippen LogP contribution in [0.3, 0.4) is 0 Å². The van der Waals surface area contributed by atoms with E-state index in [0.29, 0.717) is 12.4 Å². The maximum Gasteiger partial charge on any atom is 0.230 e. The standard InChI is InChI=1S/C26H31N7O/c1-19-11-14-32(15-12-19)25-16-23(27-18-28-25)29-26(34)21-8-5-13-33(17-21)24-10-9-22(30-31-24)20-6-3-2-4-7-20/h2-4,6-7,9-10,16,18-19,21H,5,8,11-15,17H2,1H3,(H,27,28,29,34). The van der Waals surface area contributed by atoms with Gasteiger partial charge < -0.3 is 15.1 Å². The van der Waals surface area contributed by atoms with Crippen LogP contribution in [0.15, 0.2) is 54.9 Å². The summed E-state index contributed by atoms with van der Waals surface area (Å²) >= 11 is 0. The number of benzene rings is 1. The van der Waals surface area contributed by atoms with Crippen LogP contribution in [0.25, 0.3) is 11.3 Å². The summed E-state index contributed by atoms with van der Waals surface area (Å²) in [5, 5.41) is 11.9. The van der Waals surface area contributed by atoms with E-state index in [0.717, 1.165) is 61.3 Å². The summed E-state index contributed by atoms with van der Waals surface area (Å²) in [4.78, 5) is 26.2. The number of hydrogen-bond donors (Lipinski definition) is 1. The Kier molecular flexibility index (Phi) is 6.65. The van der Waals surface area contributed by atoms with Gasteiger partial charge in [-0.25, -0.2) is 9.97 Å². The fourth-order valence-electron chi connectivity index (χ4n) is 4.71. The maximum absolute atomic E-state index is 13.1. The number of carbonyl (C=O) groups excluding carboxylic acids is 1. The van der Waals surface area contributed by atoms with Gasteiger partial charge in [0.05, 0.1) is 11.6 Å². The van der Waals surface area contributed by atoms with Crippen molar-refractivity contribution in [3.8, 4) is 11.3 Å². The highest BCUT2D eigenvalue weighted by Crippen LogP contribution is 2.25. The summed E-state index contributed by atoms with van der Waals surface area (Å²) < 4.78 is 0. The summed E-state index contributed by atoms with van der Waals surface area (Å²) in [5.74, 6) is 2.88. The van der Waals surface area contributed by atoms with Crippen molar-refractivity contribution in [2.45, 2.75) is 32.6 Å². The van der Waals surface area contributed by atoms with Crippen molar-refractivity contribution in [2.24, 2.45) is 11.8 Å². The van der Waals surface area contributed by atoms with Crippen LogP contribution in [-0.2, 0) is 4.79 Å². The molecule has 2 fully saturated rings. The van der Waals surface area contributed by atoms with Gasteiger partial charge in [0, 0.05) is 37.8 Å². The Hall–Kier alpha value is -3.55. The van der Waals surface area contributed by atoms with Crippen LogP contribution in [0.2, 0.25) is 0 Å². The van der Waals surface area contributed by atoms with Gasteiger partial charge in [-0.05, 0) is 43.7 Å². The van der Waals surface area contributed by atoms with E-state index in [1.54, 1.807) is 6.33 Å². The predicted molar refractivity (Wildman–Crippen MR) is 134 cm³/mol. The van der Waals surface area contributed by atoms with E-state index in [4.69, 9.17) is 0 Å². The Morgan fingerprint density at radius 2 is 1.74 bits per heavy atom. The first kappa shape index (κ1) is 22.3. The molecular weight excluding hydrogens is 426 g/mol. The molecule has 1 unspecified atom stereocenters. The number of rotatable bonds is 5. The summed E-state index contributed by atoms with van der Waals surface area (Å²) in [6.07, 6.45) is 5.65. The van der Waals surface area contributed by atoms with E-state index in [1.165, 1.54) is 12.8 Å². The summed E-state index contributed by atoms with van der Waals surface area (Å²) in [5.41, 5.74) is 1.89. The van der Waals surface area contributed by atoms with E-state index in [1.807, 2.05) is 48.5 Å². The third-order valence-corrected chi connectivity index (χ3v) is 6.85. The molecule has 2 aliphatic rings. The van der Waals surface area contributed by atoms with Crippen molar-refractivity contribution in [3.63, 3.8) is 0 Å². The number of aromatic nitrogens is 4. The monoisotopic (exact) mass is 457 g/mol. The molecule has 8 nitrogen and oxygen atoms in total. The third-order valence-electron chi connectivity index (χ3n) is 6.85. The number of nitrogens with one attached hydrogen (secondary N) is 1. The average Bonchev–Trinajstić information content (AvgIpc) is 2.90. The Bertz CT molecular complexity index is 1100. The van der Waals surface area contributed by atoms with Crippen molar-refractivity contribution in [1.82, 2.24) is 20.2 Å². The highest BCUT2D eigenvalue weighted by Gasteiger charge is 2.27. The van der Waals surface area contributed by atoms with Crippen molar-refractivity contribution in [1.29, 1.82) is 0 Å². The quantitative estimate of drug-likeness (QED) is 0.619. The third kappa shape index (κ3) is 5.16. The first-order valence-corrected chi connectivity index (χ1v) is 12.2. The average molecular weight is 458 g/mol. The number of anilines is 3. The topological polar surface area (TPSA) is 87.1 Å². The molecule has 2 saturated heterocycles. The normalized spacial score (nSPS) is 19.1. The van der Waals surface area contributed by atoms with Crippen LogP contribution in [0.4, 0.5) is 17.5 Å². The maximum atomic E-state index is 13.1. The molecular formula is C26H31N7O. The fourth-order valence-corrected chi connectivity index (χ4v) is 4.71. The Labute approximate surface area is 200 Å². The van der Waals surface area contributed by atoms with Crippen LogP contribution in [-0.4, -0.2) is 52.3 Å². The van der Waals surface area contributed by atoms with Crippen molar-refractivity contribution in [3.05, 3.63) is 54.9 Å². The van der Waals surface area contributed by atoms with Gasteiger partial charge in [-0.15, -0.1) is 10.2 Å². The lowest BCUT2D eigenvalue weighted by Crippen LogP contribution is -2.41. The van der Waals surface area contributed by atoms with E-state index < -0.39 is 0 Å². The molecule has 176 valence electrons. The zero-order chi connectivity index (χ0) is 23.3. The number of nitrogens with zero attached hydrogens (tertiary/aromatic N) is 6. The lowest BCUT2D eigenvalue weighted by Gasteiger charge is -2.32. The lowest BCUT2D eigenvalue weighted by molar-refractivity contribution is -0.120. The first-order chi connectivity index (χ1) is 16.7. The fraction of sp³-hybridized carbons (Fsp3) is 0.423. The molecule has 1 amide bonds. The summed E-state index contributed by atoms with van der Waals surface area (Å²) in [7, 11) is 0. The SMILES string of the molecule is CC1CCN(c2cc(NC(=O)C3CCCN(c4ccc(-c5ccccc5)nn4)C3)ncn2)CC1. The minimum atomic E-state index is -0.126. The summed E-state index contributed by atoms with van der Waals surface area (Å²) in [6, 6.07) is 15.9. The Balaban J connectivity index is 1.21. The molecule has 0 radical (unpaired) electrons. The predicted octanol–water partition coefficient (Wildman–Crippen LogP) is 4.03. The molecule has 0 spiro atoms. The molecule has 1 N–H and O–H groups in total.